The third kappa shape index (κ3) is 3.73. The van der Waals surface area contributed by atoms with Crippen LogP contribution in [0.25, 0.3) is 0 Å². The number of likely N-dealkylation sites (N-methyl/N-ethyl adjacent to an activating group) is 2. The number of aromatic nitrogens is 3. The number of nitrogens with zero attached hydrogens (tertiary/aromatic N) is 5. The number of rotatable bonds is 4. The van der Waals surface area contributed by atoms with Crippen LogP contribution in [0, 0.1) is 0 Å². The van der Waals surface area contributed by atoms with Crippen LogP contribution in [-0.4, -0.2) is 70.6 Å². The van der Waals surface area contributed by atoms with Crippen LogP contribution in [0.5, 0.6) is 0 Å². The Kier molecular flexibility index (Phi) is 4.87. The van der Waals surface area contributed by atoms with E-state index in [1.54, 1.807) is 4.68 Å². The molecule has 0 radical (unpaired) electrons. The molecule has 0 bridgehead atoms. The maximum Gasteiger partial charge on any atom is 0.0843 e. The van der Waals surface area contributed by atoms with Gasteiger partial charge in [0.05, 0.1) is 5.69 Å². The van der Waals surface area contributed by atoms with Gasteiger partial charge in [-0.05, 0) is 33.6 Å². The Morgan fingerprint density at radius 1 is 1.42 bits per heavy atom. The van der Waals surface area contributed by atoms with Gasteiger partial charge < -0.3 is 9.80 Å². The molecule has 7 nitrogen and oxygen atoms in total. The summed E-state index contributed by atoms with van der Waals surface area (Å²) in [6.45, 7) is 3.27. The molecule has 108 valence electrons. The highest BCUT2D eigenvalue weighted by Gasteiger charge is 2.28. The van der Waals surface area contributed by atoms with Crippen LogP contribution >= 0.6 is 0 Å². The fourth-order valence-electron chi connectivity index (χ4n) is 2.76. The highest BCUT2D eigenvalue weighted by atomic mass is 15.4. The molecule has 19 heavy (non-hydrogen) atoms. The van der Waals surface area contributed by atoms with Crippen LogP contribution in [-0.2, 0) is 13.5 Å². The van der Waals surface area contributed by atoms with Gasteiger partial charge in [0.2, 0.25) is 0 Å². The Balaban J connectivity index is 2.06. The van der Waals surface area contributed by atoms with Crippen LogP contribution < -0.4 is 11.3 Å². The van der Waals surface area contributed by atoms with Crippen molar-refractivity contribution in [1.29, 1.82) is 0 Å². The maximum atomic E-state index is 5.77. The average Bonchev–Trinajstić information content (AvgIpc) is 2.70. The van der Waals surface area contributed by atoms with E-state index < -0.39 is 0 Å². The van der Waals surface area contributed by atoms with Gasteiger partial charge in [0.15, 0.2) is 0 Å². The third-order valence-electron chi connectivity index (χ3n) is 3.87. The Morgan fingerprint density at radius 2 is 2.21 bits per heavy atom. The highest BCUT2D eigenvalue weighted by molar-refractivity contribution is 4.99. The molecule has 3 N–H and O–H groups in total. The summed E-state index contributed by atoms with van der Waals surface area (Å²) in [6.07, 6.45) is 3.95. The fraction of sp³-hybridized carbons (Fsp3) is 0.833. The van der Waals surface area contributed by atoms with E-state index in [4.69, 9.17) is 5.84 Å². The van der Waals surface area contributed by atoms with E-state index in [1.807, 2.05) is 13.2 Å². The lowest BCUT2D eigenvalue weighted by Gasteiger charge is -2.33. The zero-order valence-electron chi connectivity index (χ0n) is 12.1. The summed E-state index contributed by atoms with van der Waals surface area (Å²) in [5.74, 6) is 5.77. The van der Waals surface area contributed by atoms with Gasteiger partial charge in [-0.3, -0.25) is 16.0 Å². The minimum atomic E-state index is 0.183. The van der Waals surface area contributed by atoms with Crippen molar-refractivity contribution < 1.29 is 0 Å². The minimum absolute atomic E-state index is 0.183. The largest absolute Gasteiger partial charge is 0.305 e. The molecule has 2 unspecified atom stereocenters. The zero-order valence-corrected chi connectivity index (χ0v) is 12.1. The van der Waals surface area contributed by atoms with Crippen molar-refractivity contribution in [1.82, 2.24) is 30.2 Å². The summed E-state index contributed by atoms with van der Waals surface area (Å²) in [5, 5.41) is 8.13. The van der Waals surface area contributed by atoms with Gasteiger partial charge in [-0.2, -0.15) is 0 Å². The Hall–Kier alpha value is -1.02. The van der Waals surface area contributed by atoms with Gasteiger partial charge in [-0.25, -0.2) is 0 Å². The molecule has 2 atom stereocenters. The van der Waals surface area contributed by atoms with Crippen molar-refractivity contribution in [3.8, 4) is 0 Å². The van der Waals surface area contributed by atoms with Crippen molar-refractivity contribution in [2.24, 2.45) is 12.9 Å². The lowest BCUT2D eigenvalue weighted by molar-refractivity contribution is 0.177. The molecule has 2 heterocycles. The van der Waals surface area contributed by atoms with Crippen LogP contribution in [0.15, 0.2) is 6.20 Å². The summed E-state index contributed by atoms with van der Waals surface area (Å²) in [7, 11) is 6.22. The molecule has 0 spiro atoms. The first-order chi connectivity index (χ1) is 9.10. The predicted octanol–water partition coefficient (Wildman–Crippen LogP) is -1.17. The molecule has 1 aromatic rings. The molecule has 7 heteroatoms. The van der Waals surface area contributed by atoms with Gasteiger partial charge in [0, 0.05) is 38.3 Å². The Bertz CT molecular complexity index is 391. The topological polar surface area (TPSA) is 75.2 Å². The van der Waals surface area contributed by atoms with E-state index in [0.717, 1.165) is 31.7 Å². The number of hydrazine groups is 1. The molecule has 0 saturated carbocycles. The standard InChI is InChI=1S/C12H25N7/c1-17-5-4-6-18(2)12(9-17)11(14-13)7-10-8-19(3)16-15-10/h8,11-12,14H,4-7,9,13H2,1-3H3. The monoisotopic (exact) mass is 267 g/mol. The lowest BCUT2D eigenvalue weighted by atomic mass is 10.0. The van der Waals surface area contributed by atoms with E-state index in [2.05, 4.69) is 39.6 Å². The number of aryl methyl sites for hydroxylation is 1. The summed E-state index contributed by atoms with van der Waals surface area (Å²) < 4.78 is 1.73. The summed E-state index contributed by atoms with van der Waals surface area (Å²) >= 11 is 0. The van der Waals surface area contributed by atoms with Crippen LogP contribution in [0.1, 0.15) is 12.1 Å². The van der Waals surface area contributed by atoms with Crippen molar-refractivity contribution in [3.05, 3.63) is 11.9 Å². The smallest absolute Gasteiger partial charge is 0.0843 e. The predicted molar refractivity (Wildman–Crippen MR) is 74.4 cm³/mol. The fourth-order valence-corrected chi connectivity index (χ4v) is 2.76. The Labute approximate surface area is 114 Å². The number of hydrogen-bond acceptors (Lipinski definition) is 6. The van der Waals surface area contributed by atoms with Gasteiger partial charge in [-0.1, -0.05) is 5.21 Å². The van der Waals surface area contributed by atoms with Gasteiger partial charge in [0.25, 0.3) is 0 Å². The molecular formula is C12H25N7. The first-order valence-corrected chi connectivity index (χ1v) is 6.80. The Morgan fingerprint density at radius 3 is 2.84 bits per heavy atom. The van der Waals surface area contributed by atoms with Gasteiger partial charge in [-0.15, -0.1) is 5.10 Å². The number of hydrogen-bond donors (Lipinski definition) is 2. The molecule has 2 rings (SSSR count). The molecular weight excluding hydrogens is 242 g/mol. The van der Waals surface area contributed by atoms with E-state index in [9.17, 15) is 0 Å². The van der Waals surface area contributed by atoms with Gasteiger partial charge >= 0.3 is 0 Å². The van der Waals surface area contributed by atoms with Crippen molar-refractivity contribution in [2.45, 2.75) is 24.9 Å². The SMILES string of the molecule is CN1CCCN(C)C(C(Cc2cn(C)nn2)NN)C1. The molecule has 1 aliphatic rings. The van der Waals surface area contributed by atoms with E-state index >= 15 is 0 Å². The van der Waals surface area contributed by atoms with E-state index in [1.165, 1.54) is 6.42 Å². The zero-order chi connectivity index (χ0) is 13.8. The summed E-state index contributed by atoms with van der Waals surface area (Å²) in [6, 6.07) is 0.571. The third-order valence-corrected chi connectivity index (χ3v) is 3.87. The van der Waals surface area contributed by atoms with Crippen LogP contribution in [0.2, 0.25) is 0 Å². The van der Waals surface area contributed by atoms with Crippen LogP contribution in [0.4, 0.5) is 0 Å². The second-order valence-electron chi connectivity index (χ2n) is 5.52. The highest BCUT2D eigenvalue weighted by Crippen LogP contribution is 2.13. The number of nitrogens with one attached hydrogen (secondary N) is 1. The van der Waals surface area contributed by atoms with Gasteiger partial charge in [0.1, 0.15) is 0 Å². The first kappa shape index (κ1) is 14.4. The second kappa shape index (κ2) is 6.42. The first-order valence-electron chi connectivity index (χ1n) is 6.80. The molecule has 1 aromatic heterocycles. The quantitative estimate of drug-likeness (QED) is 0.529. The van der Waals surface area contributed by atoms with Crippen molar-refractivity contribution >= 4 is 0 Å². The molecule has 0 aromatic carbocycles. The molecule has 1 aliphatic heterocycles. The summed E-state index contributed by atoms with van der Waals surface area (Å²) in [5.41, 5.74) is 3.94. The normalized spacial score (nSPS) is 24.3. The van der Waals surface area contributed by atoms with Crippen molar-refractivity contribution in [3.63, 3.8) is 0 Å². The summed E-state index contributed by atoms with van der Waals surface area (Å²) in [4.78, 5) is 4.76. The lowest BCUT2D eigenvalue weighted by Crippen LogP contribution is -2.55. The molecule has 1 saturated heterocycles. The number of nitrogens with two attached hydrogens (primary N) is 1. The molecule has 0 amide bonds. The van der Waals surface area contributed by atoms with E-state index in [0.29, 0.717) is 6.04 Å². The van der Waals surface area contributed by atoms with Crippen LogP contribution in [0.3, 0.4) is 0 Å². The van der Waals surface area contributed by atoms with E-state index in [-0.39, 0.29) is 6.04 Å². The van der Waals surface area contributed by atoms with Crippen molar-refractivity contribution in [2.75, 3.05) is 33.7 Å². The second-order valence-corrected chi connectivity index (χ2v) is 5.52. The maximum absolute atomic E-state index is 5.77. The molecule has 1 fully saturated rings. The average molecular weight is 267 g/mol. The minimum Gasteiger partial charge on any atom is -0.305 e. The molecule has 0 aliphatic carbocycles.